The van der Waals surface area contributed by atoms with Crippen LogP contribution in [0.25, 0.3) is 0 Å². The molecule has 0 aromatic carbocycles. The van der Waals surface area contributed by atoms with Gasteiger partial charge in [0.1, 0.15) is 6.79 Å². The summed E-state index contributed by atoms with van der Waals surface area (Å²) in [5.74, 6) is 1.17. The Morgan fingerprint density at radius 1 is 1.21 bits per heavy atom. The Balaban J connectivity index is 2.49. The first kappa shape index (κ1) is 16.7. The molecule has 0 radical (unpaired) electrons. The van der Waals surface area contributed by atoms with E-state index in [1.54, 1.807) is 7.11 Å². The summed E-state index contributed by atoms with van der Waals surface area (Å²) in [5, 5.41) is 9.33. The van der Waals surface area contributed by atoms with Gasteiger partial charge in [-0.15, -0.1) is 0 Å². The predicted molar refractivity (Wildman–Crippen MR) is 77.9 cm³/mol. The third-order valence-electron chi connectivity index (χ3n) is 4.08. The van der Waals surface area contributed by atoms with Gasteiger partial charge >= 0.3 is 0 Å². The van der Waals surface area contributed by atoms with Crippen molar-refractivity contribution in [3.8, 4) is 0 Å². The molecule has 3 atom stereocenters. The van der Waals surface area contributed by atoms with Gasteiger partial charge < -0.3 is 14.6 Å². The van der Waals surface area contributed by atoms with Crippen LogP contribution in [0.3, 0.4) is 0 Å². The van der Waals surface area contributed by atoms with Gasteiger partial charge in [-0.1, -0.05) is 45.3 Å². The molecule has 1 fully saturated rings. The Hall–Kier alpha value is -0.380. The van der Waals surface area contributed by atoms with E-state index in [1.165, 1.54) is 32.1 Å². The lowest BCUT2D eigenvalue weighted by Gasteiger charge is -2.27. The van der Waals surface area contributed by atoms with Gasteiger partial charge in [0, 0.05) is 25.6 Å². The van der Waals surface area contributed by atoms with Gasteiger partial charge in [-0.25, -0.2) is 0 Å². The van der Waals surface area contributed by atoms with Crippen molar-refractivity contribution < 1.29 is 14.6 Å². The van der Waals surface area contributed by atoms with Gasteiger partial charge in [-0.2, -0.15) is 0 Å². The lowest BCUT2D eigenvalue weighted by Crippen LogP contribution is -2.31. The molecule has 0 unspecified atom stereocenters. The quantitative estimate of drug-likeness (QED) is 0.543. The molecule has 19 heavy (non-hydrogen) atoms. The zero-order valence-corrected chi connectivity index (χ0v) is 12.7. The molecule has 1 aliphatic carbocycles. The number of rotatable bonds is 8. The topological polar surface area (TPSA) is 38.7 Å². The van der Waals surface area contributed by atoms with Crippen LogP contribution in [0, 0.1) is 17.8 Å². The first-order valence-electron chi connectivity index (χ1n) is 7.58. The molecule has 1 rings (SSSR count). The smallest absolute Gasteiger partial charge is 0.146 e. The third-order valence-corrected chi connectivity index (χ3v) is 4.08. The summed E-state index contributed by atoms with van der Waals surface area (Å²) in [6.07, 6.45) is 11.4. The van der Waals surface area contributed by atoms with Crippen molar-refractivity contribution in [2.75, 3.05) is 20.5 Å². The Morgan fingerprint density at radius 3 is 2.47 bits per heavy atom. The maximum absolute atomic E-state index is 9.33. The first-order chi connectivity index (χ1) is 9.19. The molecule has 0 amide bonds. The summed E-state index contributed by atoms with van der Waals surface area (Å²) in [4.78, 5) is 0. The summed E-state index contributed by atoms with van der Waals surface area (Å²) < 4.78 is 10.7. The van der Waals surface area contributed by atoms with E-state index < -0.39 is 0 Å². The van der Waals surface area contributed by atoms with Crippen molar-refractivity contribution in [3.05, 3.63) is 12.2 Å². The van der Waals surface area contributed by atoms with E-state index in [1.807, 2.05) is 6.92 Å². The second-order valence-electron chi connectivity index (χ2n) is 5.84. The minimum atomic E-state index is 0.0183. The number of methoxy groups -OCH3 is 1. The van der Waals surface area contributed by atoms with Crippen molar-refractivity contribution in [1.29, 1.82) is 0 Å². The van der Waals surface area contributed by atoms with Crippen LogP contribution < -0.4 is 0 Å². The van der Waals surface area contributed by atoms with Gasteiger partial charge in [-0.3, -0.25) is 0 Å². The van der Waals surface area contributed by atoms with Crippen LogP contribution >= 0.6 is 0 Å². The molecule has 0 aliphatic heterocycles. The average Bonchev–Trinajstić information content (AvgIpc) is 2.46. The predicted octanol–water partition coefficient (Wildman–Crippen LogP) is 3.38. The molecule has 1 saturated carbocycles. The van der Waals surface area contributed by atoms with E-state index in [0.717, 1.165) is 5.92 Å². The van der Waals surface area contributed by atoms with E-state index >= 15 is 0 Å². The number of allylic oxidation sites excluding steroid dienone is 1. The molecular formula is C16H30O3. The summed E-state index contributed by atoms with van der Waals surface area (Å²) in [5.41, 5.74) is 0. The fraction of sp³-hybridized carbons (Fsp3) is 0.875. The average molecular weight is 270 g/mol. The zero-order chi connectivity index (χ0) is 14.1. The fourth-order valence-corrected chi connectivity index (χ4v) is 2.85. The Labute approximate surface area is 118 Å². The lowest BCUT2D eigenvalue weighted by atomic mass is 9.87. The van der Waals surface area contributed by atoms with Crippen LogP contribution in [0.15, 0.2) is 12.2 Å². The van der Waals surface area contributed by atoms with E-state index in [-0.39, 0.29) is 25.4 Å². The van der Waals surface area contributed by atoms with Crippen LogP contribution in [0.4, 0.5) is 0 Å². The molecule has 0 aromatic rings. The number of hydrogen-bond acceptors (Lipinski definition) is 3. The molecule has 3 nitrogen and oxygen atoms in total. The lowest BCUT2D eigenvalue weighted by molar-refractivity contribution is -0.107. The van der Waals surface area contributed by atoms with Crippen molar-refractivity contribution in [2.24, 2.45) is 17.8 Å². The molecule has 0 bridgehead atoms. The highest BCUT2D eigenvalue weighted by Gasteiger charge is 2.22. The molecule has 112 valence electrons. The SMILES string of the molecule is COCO[C@@H]([C@H](C)CO)[C@@H](C)/C=C/C1CCCCC1. The van der Waals surface area contributed by atoms with E-state index in [2.05, 4.69) is 19.1 Å². The van der Waals surface area contributed by atoms with Crippen LogP contribution in [-0.2, 0) is 9.47 Å². The van der Waals surface area contributed by atoms with Crippen LogP contribution in [-0.4, -0.2) is 31.7 Å². The number of aliphatic hydroxyl groups is 1. The molecule has 1 aliphatic rings. The van der Waals surface area contributed by atoms with Crippen LogP contribution in [0.2, 0.25) is 0 Å². The van der Waals surface area contributed by atoms with Gasteiger partial charge in [-0.05, 0) is 18.8 Å². The maximum atomic E-state index is 9.33. The highest BCUT2D eigenvalue weighted by Crippen LogP contribution is 2.26. The molecule has 1 N–H and O–H groups in total. The number of ether oxygens (including phenoxy) is 2. The van der Waals surface area contributed by atoms with E-state index in [4.69, 9.17) is 9.47 Å². The van der Waals surface area contributed by atoms with Gasteiger partial charge in [0.15, 0.2) is 0 Å². The molecule has 0 saturated heterocycles. The van der Waals surface area contributed by atoms with E-state index in [0.29, 0.717) is 5.92 Å². The number of aliphatic hydroxyl groups excluding tert-OH is 1. The summed E-state index contributed by atoms with van der Waals surface area (Å²) >= 11 is 0. The van der Waals surface area contributed by atoms with Crippen molar-refractivity contribution in [1.82, 2.24) is 0 Å². The largest absolute Gasteiger partial charge is 0.396 e. The van der Waals surface area contributed by atoms with Crippen molar-refractivity contribution in [2.45, 2.75) is 52.1 Å². The molecule has 3 heteroatoms. The Kier molecular flexibility index (Phi) is 8.35. The van der Waals surface area contributed by atoms with Gasteiger partial charge in [0.05, 0.1) is 6.10 Å². The summed E-state index contributed by atoms with van der Waals surface area (Å²) in [6, 6.07) is 0. The standard InChI is InChI=1S/C16H30O3/c1-13(9-10-15-7-5-4-6-8-15)16(14(2)11-17)19-12-18-3/h9-10,13-17H,4-8,11-12H2,1-3H3/b10-9+/t13-,14+,16+/m0/s1. The van der Waals surface area contributed by atoms with Gasteiger partial charge in [0.2, 0.25) is 0 Å². The van der Waals surface area contributed by atoms with E-state index in [9.17, 15) is 5.11 Å². The fourth-order valence-electron chi connectivity index (χ4n) is 2.85. The summed E-state index contributed by atoms with van der Waals surface area (Å²) in [6.45, 7) is 4.61. The molecular weight excluding hydrogens is 240 g/mol. The summed E-state index contributed by atoms with van der Waals surface area (Å²) in [7, 11) is 1.63. The second-order valence-corrected chi connectivity index (χ2v) is 5.84. The van der Waals surface area contributed by atoms with Crippen molar-refractivity contribution >= 4 is 0 Å². The third kappa shape index (κ3) is 6.07. The van der Waals surface area contributed by atoms with Crippen LogP contribution in [0.1, 0.15) is 46.0 Å². The minimum absolute atomic E-state index is 0.0183. The zero-order valence-electron chi connectivity index (χ0n) is 12.7. The number of hydrogen-bond donors (Lipinski definition) is 1. The maximum Gasteiger partial charge on any atom is 0.146 e. The highest BCUT2D eigenvalue weighted by molar-refractivity contribution is 4.96. The first-order valence-corrected chi connectivity index (χ1v) is 7.58. The Morgan fingerprint density at radius 2 is 1.89 bits per heavy atom. The van der Waals surface area contributed by atoms with Crippen molar-refractivity contribution in [3.63, 3.8) is 0 Å². The highest BCUT2D eigenvalue weighted by atomic mass is 16.7. The Bertz CT molecular complexity index is 246. The molecule has 0 spiro atoms. The molecule has 0 heterocycles. The normalized spacial score (nSPS) is 22.5. The molecule has 0 aromatic heterocycles. The second kappa shape index (κ2) is 9.51. The van der Waals surface area contributed by atoms with Gasteiger partial charge in [0.25, 0.3) is 0 Å². The van der Waals surface area contributed by atoms with Crippen LogP contribution in [0.5, 0.6) is 0 Å². The monoisotopic (exact) mass is 270 g/mol. The minimum Gasteiger partial charge on any atom is -0.396 e.